The van der Waals surface area contributed by atoms with Gasteiger partial charge in [0.1, 0.15) is 22.2 Å². The highest BCUT2D eigenvalue weighted by Crippen LogP contribution is 2.30. The first kappa shape index (κ1) is 15.2. The van der Waals surface area contributed by atoms with Crippen molar-refractivity contribution >= 4 is 33.8 Å². The van der Waals surface area contributed by atoms with E-state index in [9.17, 15) is 0 Å². The summed E-state index contributed by atoms with van der Waals surface area (Å²) >= 11 is 3.11. The van der Waals surface area contributed by atoms with Crippen LogP contribution in [0.4, 0.5) is 5.13 Å². The molecule has 0 atom stereocenters. The second kappa shape index (κ2) is 6.62. The third-order valence-corrected chi connectivity index (χ3v) is 5.07. The van der Waals surface area contributed by atoms with Crippen molar-refractivity contribution in [2.24, 2.45) is 4.99 Å². The molecule has 4 rings (SSSR count). The van der Waals surface area contributed by atoms with E-state index < -0.39 is 0 Å². The minimum atomic E-state index is 0.755. The van der Waals surface area contributed by atoms with E-state index in [1.165, 1.54) is 0 Å². The van der Waals surface area contributed by atoms with Crippen LogP contribution in [0.1, 0.15) is 12.2 Å². The van der Waals surface area contributed by atoms with Crippen LogP contribution in [0.3, 0.4) is 0 Å². The van der Waals surface area contributed by atoms with Gasteiger partial charge in [0.2, 0.25) is 0 Å². The summed E-state index contributed by atoms with van der Waals surface area (Å²) in [4.78, 5) is 22.1. The Balaban J connectivity index is 1.52. The highest BCUT2D eigenvalue weighted by molar-refractivity contribution is 7.14. The summed E-state index contributed by atoms with van der Waals surface area (Å²) in [5, 5.41) is 12.1. The van der Waals surface area contributed by atoms with Crippen LogP contribution < -0.4 is 10.6 Å². The minimum Gasteiger partial charge on any atom is -0.356 e. The van der Waals surface area contributed by atoms with Gasteiger partial charge in [-0.15, -0.1) is 22.7 Å². The largest absolute Gasteiger partial charge is 0.356 e. The molecule has 0 radical (unpaired) electrons. The average molecular weight is 357 g/mol. The highest BCUT2D eigenvalue weighted by atomic mass is 32.1. The molecule has 0 spiro atoms. The number of rotatable bonds is 3. The monoisotopic (exact) mass is 357 g/mol. The first-order valence-electron chi connectivity index (χ1n) is 7.54. The fourth-order valence-electron chi connectivity index (χ4n) is 2.19. The van der Waals surface area contributed by atoms with E-state index >= 15 is 0 Å². The van der Waals surface area contributed by atoms with E-state index in [1.807, 2.05) is 17.7 Å². The van der Waals surface area contributed by atoms with Gasteiger partial charge in [-0.1, -0.05) is 0 Å². The van der Waals surface area contributed by atoms with Gasteiger partial charge in [0.25, 0.3) is 0 Å². The number of anilines is 1. The van der Waals surface area contributed by atoms with E-state index in [0.29, 0.717) is 0 Å². The molecule has 0 saturated carbocycles. The van der Waals surface area contributed by atoms with Crippen LogP contribution in [-0.2, 0) is 0 Å². The van der Waals surface area contributed by atoms with Crippen LogP contribution in [-0.4, -0.2) is 39.0 Å². The lowest BCUT2D eigenvalue weighted by atomic mass is 10.3. The number of hydrogen-bond acceptors (Lipinski definition) is 9. The van der Waals surface area contributed by atoms with Gasteiger partial charge >= 0.3 is 0 Å². The van der Waals surface area contributed by atoms with E-state index in [2.05, 4.69) is 35.6 Å². The summed E-state index contributed by atoms with van der Waals surface area (Å²) in [6, 6.07) is 0. The lowest BCUT2D eigenvalue weighted by Crippen LogP contribution is -2.35. The summed E-state index contributed by atoms with van der Waals surface area (Å²) in [5.41, 5.74) is 2.64. The van der Waals surface area contributed by atoms with Gasteiger partial charge in [-0.25, -0.2) is 19.9 Å². The minimum absolute atomic E-state index is 0.755. The Bertz CT molecular complexity index is 866. The number of nitrogens with zero attached hydrogens (tertiary/aromatic N) is 5. The first-order valence-corrected chi connectivity index (χ1v) is 9.30. The topological polar surface area (TPSA) is 88.0 Å². The van der Waals surface area contributed by atoms with Crippen molar-refractivity contribution in [1.82, 2.24) is 25.3 Å². The number of aryl methyl sites for hydroxylation is 1. The fourth-order valence-corrected chi connectivity index (χ4v) is 3.69. The predicted molar refractivity (Wildman–Crippen MR) is 97.5 cm³/mol. The molecule has 1 aliphatic heterocycles. The molecule has 9 heteroatoms. The molecule has 0 unspecified atom stereocenters. The van der Waals surface area contributed by atoms with Gasteiger partial charge < -0.3 is 10.6 Å². The lowest BCUT2D eigenvalue weighted by molar-refractivity contribution is 0.740. The fraction of sp³-hybridized carbons (Fsp3) is 0.267. The van der Waals surface area contributed by atoms with Crippen LogP contribution in [0.5, 0.6) is 0 Å². The summed E-state index contributed by atoms with van der Waals surface area (Å²) in [7, 11) is 0. The summed E-state index contributed by atoms with van der Waals surface area (Å²) < 4.78 is 0. The number of nitrogens with one attached hydrogen (secondary N) is 2. The van der Waals surface area contributed by atoms with Crippen molar-refractivity contribution in [2.75, 3.05) is 18.4 Å². The number of thiazole rings is 2. The van der Waals surface area contributed by atoms with Crippen molar-refractivity contribution in [3.05, 3.63) is 29.0 Å². The van der Waals surface area contributed by atoms with Gasteiger partial charge in [-0.3, -0.25) is 4.99 Å². The SMILES string of the molecule is Cc1ncc(-c2nc(-c3csc(NC4=NCCCN4)n3)cs2)cn1. The van der Waals surface area contributed by atoms with Gasteiger partial charge in [-0.05, 0) is 13.3 Å². The molecule has 24 heavy (non-hydrogen) atoms. The number of hydrogen-bond donors (Lipinski definition) is 2. The smallest absolute Gasteiger partial charge is 0.197 e. The molecule has 0 aliphatic carbocycles. The average Bonchev–Trinajstić information content (AvgIpc) is 3.26. The van der Waals surface area contributed by atoms with Crippen molar-refractivity contribution in [3.8, 4) is 22.0 Å². The molecule has 0 fully saturated rings. The zero-order chi connectivity index (χ0) is 16.4. The third kappa shape index (κ3) is 3.26. The summed E-state index contributed by atoms with van der Waals surface area (Å²) in [6.07, 6.45) is 4.66. The maximum absolute atomic E-state index is 4.65. The van der Waals surface area contributed by atoms with Crippen LogP contribution in [0.2, 0.25) is 0 Å². The summed E-state index contributed by atoms with van der Waals surface area (Å²) in [6.45, 7) is 3.66. The molecule has 0 bridgehead atoms. The first-order chi connectivity index (χ1) is 11.8. The Morgan fingerprint density at radius 2 is 1.88 bits per heavy atom. The molecule has 1 aliphatic rings. The standard InChI is InChI=1S/C15H15N7S2/c1-9-18-5-10(6-19-9)13-20-11(7-23-13)12-8-24-15(21-12)22-14-16-3-2-4-17-14/h5-8H,2-4H2,1H3,(H2,16,17,21,22). The molecule has 2 N–H and O–H groups in total. The predicted octanol–water partition coefficient (Wildman–Crippen LogP) is 2.79. The third-order valence-electron chi connectivity index (χ3n) is 3.42. The molecule has 0 saturated heterocycles. The van der Waals surface area contributed by atoms with Gasteiger partial charge in [0, 0.05) is 41.8 Å². The van der Waals surface area contributed by atoms with E-state index in [1.54, 1.807) is 35.1 Å². The Kier molecular flexibility index (Phi) is 4.18. The van der Waals surface area contributed by atoms with Gasteiger partial charge in [0.15, 0.2) is 11.1 Å². The molecule has 4 heterocycles. The maximum Gasteiger partial charge on any atom is 0.197 e. The second-order valence-corrected chi connectivity index (χ2v) is 6.95. The van der Waals surface area contributed by atoms with Crippen LogP contribution in [0.25, 0.3) is 22.0 Å². The molecular formula is C15H15N7S2. The Morgan fingerprint density at radius 3 is 2.67 bits per heavy atom. The molecule has 0 aromatic carbocycles. The van der Waals surface area contributed by atoms with Crippen LogP contribution in [0, 0.1) is 6.92 Å². The number of guanidine groups is 1. The van der Waals surface area contributed by atoms with Crippen molar-refractivity contribution in [3.63, 3.8) is 0 Å². The highest BCUT2D eigenvalue weighted by Gasteiger charge is 2.12. The second-order valence-electron chi connectivity index (χ2n) is 5.23. The van der Waals surface area contributed by atoms with E-state index in [4.69, 9.17) is 0 Å². The Morgan fingerprint density at radius 1 is 1.08 bits per heavy atom. The van der Waals surface area contributed by atoms with Crippen molar-refractivity contribution in [1.29, 1.82) is 0 Å². The Hall–Kier alpha value is -2.39. The number of aliphatic imine (C=N–C) groups is 1. The van der Waals surface area contributed by atoms with Crippen LogP contribution in [0.15, 0.2) is 28.1 Å². The molecule has 3 aromatic heterocycles. The molecule has 122 valence electrons. The van der Waals surface area contributed by atoms with E-state index in [-0.39, 0.29) is 0 Å². The van der Waals surface area contributed by atoms with E-state index in [0.717, 1.165) is 58.4 Å². The van der Waals surface area contributed by atoms with Crippen LogP contribution >= 0.6 is 22.7 Å². The quantitative estimate of drug-likeness (QED) is 0.749. The zero-order valence-electron chi connectivity index (χ0n) is 13.0. The molecule has 3 aromatic rings. The molecular weight excluding hydrogens is 342 g/mol. The van der Waals surface area contributed by atoms with Gasteiger partial charge in [0.05, 0.1) is 0 Å². The van der Waals surface area contributed by atoms with Crippen molar-refractivity contribution < 1.29 is 0 Å². The molecule has 7 nitrogen and oxygen atoms in total. The zero-order valence-corrected chi connectivity index (χ0v) is 14.6. The molecule has 0 amide bonds. The normalized spacial score (nSPS) is 14.1. The van der Waals surface area contributed by atoms with Gasteiger partial charge in [-0.2, -0.15) is 0 Å². The number of aromatic nitrogens is 4. The summed E-state index contributed by atoms with van der Waals surface area (Å²) in [5.74, 6) is 1.54. The van der Waals surface area contributed by atoms with Crippen molar-refractivity contribution in [2.45, 2.75) is 13.3 Å². The lowest BCUT2D eigenvalue weighted by Gasteiger charge is -2.13. The maximum atomic E-state index is 4.65. The Labute approximate surface area is 147 Å².